The van der Waals surface area contributed by atoms with Crippen LogP contribution in [-0.4, -0.2) is 26.9 Å². The second-order valence-corrected chi connectivity index (χ2v) is 4.16. The number of imidazole rings is 1. The second kappa shape index (κ2) is 3.84. The third kappa shape index (κ3) is 1.77. The monoisotopic (exact) mass is 231 g/mol. The summed E-state index contributed by atoms with van der Waals surface area (Å²) in [6, 6.07) is 1.99. The lowest BCUT2D eigenvalue weighted by Gasteiger charge is -2.00. The minimum atomic E-state index is -0.389. The Hall–Kier alpha value is -1.91. The van der Waals surface area contributed by atoms with Gasteiger partial charge in [0.1, 0.15) is 0 Å². The quantitative estimate of drug-likeness (QED) is 0.755. The number of nitrogens with zero attached hydrogens (tertiary/aromatic N) is 3. The Balaban J connectivity index is 2.05. The molecular formula is C12H13N3O2. The van der Waals surface area contributed by atoms with Crippen LogP contribution in [0.4, 0.5) is 0 Å². The summed E-state index contributed by atoms with van der Waals surface area (Å²) in [5.74, 6) is 0.766. The van der Waals surface area contributed by atoms with Crippen molar-refractivity contribution in [2.75, 3.05) is 6.61 Å². The second-order valence-electron chi connectivity index (χ2n) is 4.16. The summed E-state index contributed by atoms with van der Waals surface area (Å²) in [5.41, 5.74) is 1.51. The number of rotatable bonds is 3. The molecule has 3 rings (SSSR count). The van der Waals surface area contributed by atoms with Crippen molar-refractivity contribution in [2.45, 2.75) is 25.7 Å². The van der Waals surface area contributed by atoms with Crippen LogP contribution < -0.4 is 0 Å². The van der Waals surface area contributed by atoms with Crippen LogP contribution in [0.1, 0.15) is 41.9 Å². The van der Waals surface area contributed by atoms with E-state index in [4.69, 9.17) is 4.74 Å². The van der Waals surface area contributed by atoms with Gasteiger partial charge in [0.05, 0.1) is 6.61 Å². The summed E-state index contributed by atoms with van der Waals surface area (Å²) in [7, 11) is 0. The molecule has 0 radical (unpaired) electrons. The topological polar surface area (TPSA) is 56.5 Å². The van der Waals surface area contributed by atoms with Gasteiger partial charge in [-0.05, 0) is 31.7 Å². The molecule has 17 heavy (non-hydrogen) atoms. The molecule has 0 bridgehead atoms. The van der Waals surface area contributed by atoms with Gasteiger partial charge in [0.2, 0.25) is 5.78 Å². The van der Waals surface area contributed by atoms with Crippen molar-refractivity contribution < 1.29 is 9.53 Å². The molecule has 1 saturated carbocycles. The van der Waals surface area contributed by atoms with Gasteiger partial charge in [-0.3, -0.25) is 4.40 Å². The maximum absolute atomic E-state index is 11.6. The summed E-state index contributed by atoms with van der Waals surface area (Å²) >= 11 is 0. The van der Waals surface area contributed by atoms with Gasteiger partial charge in [0, 0.05) is 18.1 Å². The highest BCUT2D eigenvalue weighted by Gasteiger charge is 2.26. The van der Waals surface area contributed by atoms with Crippen LogP contribution in [0.5, 0.6) is 0 Å². The number of hydrogen-bond donors (Lipinski definition) is 0. The maximum Gasteiger partial charge on any atom is 0.358 e. The van der Waals surface area contributed by atoms with Gasteiger partial charge in [-0.1, -0.05) is 0 Å². The number of aromatic nitrogens is 3. The number of esters is 1. The fourth-order valence-electron chi connectivity index (χ4n) is 1.93. The molecular weight excluding hydrogens is 218 g/mol. The molecule has 5 nitrogen and oxygen atoms in total. The van der Waals surface area contributed by atoms with Crippen molar-refractivity contribution in [3.05, 3.63) is 29.8 Å². The molecule has 2 aromatic rings. The molecule has 0 aliphatic heterocycles. The number of fused-ring (bicyclic) bond motifs is 1. The third-order valence-corrected chi connectivity index (χ3v) is 2.88. The average molecular weight is 231 g/mol. The van der Waals surface area contributed by atoms with E-state index in [9.17, 15) is 4.79 Å². The average Bonchev–Trinajstić information content (AvgIpc) is 3.07. The van der Waals surface area contributed by atoms with Crippen molar-refractivity contribution in [1.29, 1.82) is 0 Å². The summed E-state index contributed by atoms with van der Waals surface area (Å²) in [6.07, 6.45) is 5.86. The van der Waals surface area contributed by atoms with E-state index >= 15 is 0 Å². The van der Waals surface area contributed by atoms with Gasteiger partial charge < -0.3 is 4.74 Å². The molecule has 0 amide bonds. The van der Waals surface area contributed by atoms with Crippen LogP contribution in [0.15, 0.2) is 18.5 Å². The van der Waals surface area contributed by atoms with Crippen LogP contribution in [0.25, 0.3) is 5.78 Å². The highest BCUT2D eigenvalue weighted by molar-refractivity contribution is 5.87. The van der Waals surface area contributed by atoms with Crippen LogP contribution in [0, 0.1) is 0 Å². The molecule has 1 fully saturated rings. The normalized spacial score (nSPS) is 15.1. The Morgan fingerprint density at radius 1 is 1.59 bits per heavy atom. The van der Waals surface area contributed by atoms with Crippen LogP contribution >= 0.6 is 0 Å². The lowest BCUT2D eigenvalue weighted by Crippen LogP contribution is -2.04. The fourth-order valence-corrected chi connectivity index (χ4v) is 1.93. The molecule has 1 aliphatic rings. The highest BCUT2D eigenvalue weighted by Crippen LogP contribution is 2.39. The minimum absolute atomic E-state index is 0.326. The number of carbonyl (C=O) groups is 1. The van der Waals surface area contributed by atoms with E-state index < -0.39 is 0 Å². The molecule has 5 heteroatoms. The van der Waals surface area contributed by atoms with E-state index in [-0.39, 0.29) is 5.97 Å². The van der Waals surface area contributed by atoms with Gasteiger partial charge >= 0.3 is 5.97 Å². The molecule has 88 valence electrons. The van der Waals surface area contributed by atoms with Gasteiger partial charge in [0.15, 0.2) is 5.69 Å². The number of carbonyl (C=O) groups excluding carboxylic acids is 1. The Kier molecular flexibility index (Phi) is 2.31. The predicted octanol–water partition coefficient (Wildman–Crippen LogP) is 1.78. The molecule has 0 N–H and O–H groups in total. The van der Waals surface area contributed by atoms with Crippen molar-refractivity contribution in [3.63, 3.8) is 0 Å². The molecule has 0 atom stereocenters. The molecule has 0 unspecified atom stereocenters. The van der Waals surface area contributed by atoms with Crippen molar-refractivity contribution in [1.82, 2.24) is 14.4 Å². The fraction of sp³-hybridized carbons (Fsp3) is 0.417. The number of hydrogen-bond acceptors (Lipinski definition) is 4. The standard InChI is InChI=1S/C12H13N3O2/c1-2-17-11(16)9-7-15-10(8-3-4-8)5-6-13-12(15)14-9/h5-8H,2-4H2,1H3. The number of ether oxygens (including phenoxy) is 1. The van der Waals surface area contributed by atoms with Gasteiger partial charge in [-0.2, -0.15) is 0 Å². The summed E-state index contributed by atoms with van der Waals surface area (Å²) in [5, 5.41) is 0. The van der Waals surface area contributed by atoms with Crippen LogP contribution in [0.3, 0.4) is 0 Å². The Morgan fingerprint density at radius 2 is 2.41 bits per heavy atom. The Labute approximate surface area is 98.4 Å². The van der Waals surface area contributed by atoms with E-state index in [0.717, 1.165) is 0 Å². The van der Waals surface area contributed by atoms with E-state index in [1.54, 1.807) is 19.3 Å². The van der Waals surface area contributed by atoms with Crippen LogP contribution in [0.2, 0.25) is 0 Å². The van der Waals surface area contributed by atoms with Crippen molar-refractivity contribution in [3.8, 4) is 0 Å². The zero-order valence-electron chi connectivity index (χ0n) is 9.59. The van der Waals surface area contributed by atoms with E-state index in [1.165, 1.54) is 18.5 Å². The lowest BCUT2D eigenvalue weighted by atomic mass is 10.3. The smallest absolute Gasteiger partial charge is 0.358 e. The summed E-state index contributed by atoms with van der Waals surface area (Å²) in [4.78, 5) is 19.9. The van der Waals surface area contributed by atoms with E-state index in [1.807, 2.05) is 10.5 Å². The molecule has 0 aromatic carbocycles. The van der Waals surface area contributed by atoms with Gasteiger partial charge in [0.25, 0.3) is 0 Å². The lowest BCUT2D eigenvalue weighted by molar-refractivity contribution is 0.0520. The van der Waals surface area contributed by atoms with E-state index in [0.29, 0.717) is 24.0 Å². The van der Waals surface area contributed by atoms with Crippen molar-refractivity contribution in [2.24, 2.45) is 0 Å². The zero-order chi connectivity index (χ0) is 11.8. The highest BCUT2D eigenvalue weighted by atomic mass is 16.5. The Bertz CT molecular complexity index is 572. The largest absolute Gasteiger partial charge is 0.461 e. The predicted molar refractivity (Wildman–Crippen MR) is 60.9 cm³/mol. The SMILES string of the molecule is CCOC(=O)c1cn2c(C3CC3)ccnc2n1. The zero-order valence-corrected chi connectivity index (χ0v) is 9.59. The minimum Gasteiger partial charge on any atom is -0.461 e. The third-order valence-electron chi connectivity index (χ3n) is 2.88. The van der Waals surface area contributed by atoms with Crippen LogP contribution in [-0.2, 0) is 4.74 Å². The van der Waals surface area contributed by atoms with Gasteiger partial charge in [-0.15, -0.1) is 0 Å². The first-order chi connectivity index (χ1) is 8.29. The molecule has 0 spiro atoms. The molecule has 0 saturated heterocycles. The maximum atomic E-state index is 11.6. The van der Waals surface area contributed by atoms with E-state index in [2.05, 4.69) is 9.97 Å². The summed E-state index contributed by atoms with van der Waals surface area (Å²) in [6.45, 7) is 2.14. The first kappa shape index (κ1) is 10.3. The molecule has 2 aromatic heterocycles. The summed E-state index contributed by atoms with van der Waals surface area (Å²) < 4.78 is 6.82. The van der Waals surface area contributed by atoms with Gasteiger partial charge in [-0.25, -0.2) is 14.8 Å². The first-order valence-electron chi connectivity index (χ1n) is 5.80. The molecule has 2 heterocycles. The van der Waals surface area contributed by atoms with Crippen molar-refractivity contribution >= 4 is 11.7 Å². The first-order valence-corrected chi connectivity index (χ1v) is 5.80. The Morgan fingerprint density at radius 3 is 3.12 bits per heavy atom. The molecule has 1 aliphatic carbocycles.